The van der Waals surface area contributed by atoms with Crippen molar-refractivity contribution >= 4 is 17.8 Å². The summed E-state index contributed by atoms with van der Waals surface area (Å²) in [5.41, 5.74) is -0.508. The number of amides is 1. The Morgan fingerprint density at radius 1 is 1.11 bits per heavy atom. The van der Waals surface area contributed by atoms with Crippen LogP contribution in [-0.4, -0.2) is 34.1 Å². The Bertz CT molecular complexity index is 360. The first-order valence-electron chi connectivity index (χ1n) is 6.59. The monoisotopic (exact) mass is 271 g/mol. The molecule has 0 aromatic heterocycles. The van der Waals surface area contributed by atoms with Gasteiger partial charge < -0.3 is 15.5 Å². The number of hydrogen-bond acceptors (Lipinski definition) is 3. The average molecular weight is 271 g/mol. The van der Waals surface area contributed by atoms with Gasteiger partial charge in [-0.1, -0.05) is 19.3 Å². The summed E-state index contributed by atoms with van der Waals surface area (Å²) in [6.07, 6.45) is 4.42. The van der Waals surface area contributed by atoms with Gasteiger partial charge in [0.15, 0.2) is 0 Å². The molecule has 1 fully saturated rings. The van der Waals surface area contributed by atoms with Gasteiger partial charge in [0.25, 0.3) is 0 Å². The van der Waals surface area contributed by atoms with Crippen LogP contribution in [0, 0.1) is 5.41 Å². The molecule has 1 rings (SSSR count). The maximum Gasteiger partial charge on any atom is 0.325 e. The van der Waals surface area contributed by atoms with Crippen LogP contribution in [0.15, 0.2) is 0 Å². The van der Waals surface area contributed by atoms with E-state index in [4.69, 9.17) is 10.2 Å². The minimum absolute atomic E-state index is 0.0259. The third kappa shape index (κ3) is 4.89. The molecule has 1 atom stereocenters. The molecule has 19 heavy (non-hydrogen) atoms. The summed E-state index contributed by atoms with van der Waals surface area (Å²) < 4.78 is 0. The van der Waals surface area contributed by atoms with Crippen LogP contribution in [0.2, 0.25) is 0 Å². The van der Waals surface area contributed by atoms with Crippen molar-refractivity contribution in [3.05, 3.63) is 0 Å². The molecule has 108 valence electrons. The summed E-state index contributed by atoms with van der Waals surface area (Å²) >= 11 is 0. The zero-order chi connectivity index (χ0) is 14.5. The van der Waals surface area contributed by atoms with E-state index in [1.54, 1.807) is 0 Å². The Hall–Kier alpha value is -1.59. The smallest absolute Gasteiger partial charge is 0.325 e. The molecule has 1 aliphatic carbocycles. The minimum atomic E-state index is -1.09. The second-order valence-corrected chi connectivity index (χ2v) is 5.44. The molecule has 6 nitrogen and oxygen atoms in total. The van der Waals surface area contributed by atoms with Crippen LogP contribution in [0.1, 0.15) is 51.9 Å². The van der Waals surface area contributed by atoms with Gasteiger partial charge in [-0.2, -0.15) is 0 Å². The van der Waals surface area contributed by atoms with Crippen molar-refractivity contribution in [1.29, 1.82) is 0 Å². The lowest BCUT2D eigenvalue weighted by Gasteiger charge is -2.35. The molecule has 0 radical (unpaired) electrons. The standard InChI is InChI=1S/C13H21NO5/c1-9(12(18)19)14-10(15)7-13(8-11(16)17)5-3-2-4-6-13/h9H,2-8H2,1H3,(H,14,15)(H,16,17)(H,18,19). The molecule has 3 N–H and O–H groups in total. The van der Waals surface area contributed by atoms with Crippen molar-refractivity contribution < 1.29 is 24.6 Å². The van der Waals surface area contributed by atoms with Gasteiger partial charge in [0.05, 0.1) is 6.42 Å². The molecule has 1 amide bonds. The fourth-order valence-electron chi connectivity index (χ4n) is 2.73. The van der Waals surface area contributed by atoms with Crippen molar-refractivity contribution in [1.82, 2.24) is 5.32 Å². The Morgan fingerprint density at radius 3 is 2.16 bits per heavy atom. The van der Waals surface area contributed by atoms with Crippen LogP contribution in [0.25, 0.3) is 0 Å². The van der Waals surface area contributed by atoms with Gasteiger partial charge in [0, 0.05) is 6.42 Å². The summed E-state index contributed by atoms with van der Waals surface area (Å²) in [6, 6.07) is -0.946. The van der Waals surface area contributed by atoms with E-state index in [9.17, 15) is 14.4 Å². The molecule has 1 saturated carbocycles. The van der Waals surface area contributed by atoms with Crippen LogP contribution >= 0.6 is 0 Å². The number of nitrogens with one attached hydrogen (secondary N) is 1. The highest BCUT2D eigenvalue weighted by atomic mass is 16.4. The maximum absolute atomic E-state index is 11.8. The Kier molecular flexibility index (Phi) is 5.32. The van der Waals surface area contributed by atoms with E-state index in [0.717, 1.165) is 19.3 Å². The average Bonchev–Trinajstić information content (AvgIpc) is 2.28. The van der Waals surface area contributed by atoms with E-state index in [-0.39, 0.29) is 18.7 Å². The first-order chi connectivity index (χ1) is 8.84. The molecule has 0 aromatic rings. The number of carbonyl (C=O) groups is 3. The molecular formula is C13H21NO5. The third-order valence-corrected chi connectivity index (χ3v) is 3.72. The SMILES string of the molecule is CC(NC(=O)CC1(CC(=O)O)CCCCC1)C(=O)O. The molecule has 6 heteroatoms. The minimum Gasteiger partial charge on any atom is -0.481 e. The molecule has 0 spiro atoms. The number of carboxylic acid groups (broad SMARTS) is 2. The second-order valence-electron chi connectivity index (χ2n) is 5.44. The molecule has 0 aliphatic heterocycles. The highest BCUT2D eigenvalue weighted by Gasteiger charge is 2.36. The quantitative estimate of drug-likeness (QED) is 0.677. The maximum atomic E-state index is 11.8. The summed E-state index contributed by atoms with van der Waals surface area (Å²) in [6.45, 7) is 1.39. The Morgan fingerprint density at radius 2 is 1.68 bits per heavy atom. The van der Waals surface area contributed by atoms with Crippen LogP contribution in [-0.2, 0) is 14.4 Å². The molecule has 0 saturated heterocycles. The largest absolute Gasteiger partial charge is 0.481 e. The van der Waals surface area contributed by atoms with Gasteiger partial charge in [-0.25, -0.2) is 0 Å². The lowest BCUT2D eigenvalue weighted by molar-refractivity contribution is -0.144. The summed E-state index contributed by atoms with van der Waals surface area (Å²) in [7, 11) is 0. The van der Waals surface area contributed by atoms with Crippen LogP contribution in [0.4, 0.5) is 0 Å². The van der Waals surface area contributed by atoms with Gasteiger partial charge >= 0.3 is 11.9 Å². The van der Waals surface area contributed by atoms with Crippen molar-refractivity contribution in [2.45, 2.75) is 57.9 Å². The van der Waals surface area contributed by atoms with Crippen molar-refractivity contribution in [3.63, 3.8) is 0 Å². The van der Waals surface area contributed by atoms with E-state index in [1.165, 1.54) is 6.92 Å². The van der Waals surface area contributed by atoms with Gasteiger partial charge in [-0.3, -0.25) is 14.4 Å². The number of hydrogen-bond donors (Lipinski definition) is 3. The highest BCUT2D eigenvalue weighted by molar-refractivity contribution is 5.84. The zero-order valence-electron chi connectivity index (χ0n) is 11.1. The lowest BCUT2D eigenvalue weighted by atomic mass is 9.69. The number of rotatable bonds is 6. The Labute approximate surface area is 112 Å². The number of carboxylic acids is 2. The van der Waals surface area contributed by atoms with Gasteiger partial charge in [0.2, 0.25) is 5.91 Å². The van der Waals surface area contributed by atoms with Gasteiger partial charge in [-0.05, 0) is 25.2 Å². The molecule has 0 heterocycles. The topological polar surface area (TPSA) is 104 Å². The molecule has 1 unspecified atom stereocenters. The first-order valence-corrected chi connectivity index (χ1v) is 6.59. The fraction of sp³-hybridized carbons (Fsp3) is 0.769. The number of carbonyl (C=O) groups excluding carboxylic acids is 1. The first kappa shape index (κ1) is 15.5. The highest BCUT2D eigenvalue weighted by Crippen LogP contribution is 2.42. The fourth-order valence-corrected chi connectivity index (χ4v) is 2.73. The van der Waals surface area contributed by atoms with E-state index in [1.807, 2.05) is 0 Å². The normalized spacial score (nSPS) is 19.4. The van der Waals surface area contributed by atoms with Crippen molar-refractivity contribution in [2.75, 3.05) is 0 Å². The van der Waals surface area contributed by atoms with Crippen molar-refractivity contribution in [2.24, 2.45) is 5.41 Å². The van der Waals surface area contributed by atoms with Crippen molar-refractivity contribution in [3.8, 4) is 0 Å². The predicted molar refractivity (Wildman–Crippen MR) is 67.6 cm³/mol. The van der Waals surface area contributed by atoms with E-state index in [2.05, 4.69) is 5.32 Å². The van der Waals surface area contributed by atoms with E-state index >= 15 is 0 Å². The lowest BCUT2D eigenvalue weighted by Crippen LogP contribution is -2.42. The van der Waals surface area contributed by atoms with Gasteiger partial charge in [-0.15, -0.1) is 0 Å². The van der Waals surface area contributed by atoms with Crippen LogP contribution in [0.5, 0.6) is 0 Å². The molecule has 0 aromatic carbocycles. The molecular weight excluding hydrogens is 250 g/mol. The third-order valence-electron chi connectivity index (χ3n) is 3.72. The van der Waals surface area contributed by atoms with Gasteiger partial charge in [0.1, 0.15) is 6.04 Å². The zero-order valence-corrected chi connectivity index (χ0v) is 11.1. The Balaban J connectivity index is 2.64. The summed E-state index contributed by atoms with van der Waals surface area (Å²) in [5, 5.41) is 20.1. The predicted octanol–water partition coefficient (Wildman–Crippen LogP) is 1.39. The number of aliphatic carboxylic acids is 2. The second kappa shape index (κ2) is 6.54. The van der Waals surface area contributed by atoms with Crippen LogP contribution < -0.4 is 5.32 Å². The summed E-state index contributed by atoms with van der Waals surface area (Å²) in [5.74, 6) is -2.37. The molecule has 0 bridgehead atoms. The van der Waals surface area contributed by atoms with E-state index < -0.39 is 23.4 Å². The molecule has 1 aliphatic rings. The van der Waals surface area contributed by atoms with Crippen LogP contribution in [0.3, 0.4) is 0 Å². The summed E-state index contributed by atoms with van der Waals surface area (Å²) in [4.78, 5) is 33.5. The van der Waals surface area contributed by atoms with E-state index in [0.29, 0.717) is 12.8 Å².